The van der Waals surface area contributed by atoms with Crippen molar-refractivity contribution >= 4 is 90.9 Å². The molecule has 0 radical (unpaired) electrons. The number of thiophene rings is 4. The lowest BCUT2D eigenvalue weighted by Gasteiger charge is -2.39. The summed E-state index contributed by atoms with van der Waals surface area (Å²) in [5, 5.41) is 0. The fourth-order valence-corrected chi connectivity index (χ4v) is 24.4. The van der Waals surface area contributed by atoms with Crippen molar-refractivity contribution in [3.63, 3.8) is 0 Å². The van der Waals surface area contributed by atoms with Gasteiger partial charge in [0.1, 0.15) is 44.8 Å². The Morgan fingerprint density at radius 2 is 0.634 bits per heavy atom. The second-order valence-electron chi connectivity index (χ2n) is 40.5. The largest absolute Gasteiger partial charge is 0.481 e. The number of nitrogens with zero attached hydrogens (tertiary/aromatic N) is 4. The summed E-state index contributed by atoms with van der Waals surface area (Å²) in [7, 11) is 0. The fourth-order valence-electron chi connectivity index (χ4n) is 18.2. The molecule has 2 aliphatic rings. The van der Waals surface area contributed by atoms with Gasteiger partial charge in [-0.15, -0.1) is 45.3 Å². The maximum absolute atomic E-state index is 18.8. The summed E-state index contributed by atoms with van der Waals surface area (Å²) < 4.78 is 73.4. The minimum absolute atomic E-state index is 0.115. The summed E-state index contributed by atoms with van der Waals surface area (Å²) in [6.07, 6.45) is 37.7. The van der Waals surface area contributed by atoms with E-state index in [-0.39, 0.29) is 22.0 Å². The molecule has 14 heteroatoms. The lowest BCUT2D eigenvalue weighted by molar-refractivity contribution is 0.0321. The number of benzene rings is 2. The molecule has 6 nitrogen and oxygen atoms in total. The summed E-state index contributed by atoms with van der Waals surface area (Å²) in [6, 6.07) is 13.5. The molecule has 0 aliphatic carbocycles. The first kappa shape index (κ1) is 90.7. The van der Waals surface area contributed by atoms with E-state index in [0.717, 1.165) is 174 Å². The fraction of sp³-hybridized carbons (Fsp3) is 0.714. The summed E-state index contributed by atoms with van der Waals surface area (Å²) in [4.78, 5) is 8.04. The van der Waals surface area contributed by atoms with Crippen molar-refractivity contribution in [2.24, 2.45) is 71.0 Å². The predicted octanol–water partition coefficient (Wildman–Crippen LogP) is 34.5. The maximum Gasteiger partial charge on any atom is 0.170 e. The average Bonchev–Trinajstić information content (AvgIpc) is 1.56. The number of fused-ring (bicyclic) bond motifs is 8. The van der Waals surface area contributed by atoms with Gasteiger partial charge in [0.15, 0.2) is 11.6 Å². The van der Waals surface area contributed by atoms with E-state index < -0.39 is 22.8 Å². The summed E-state index contributed by atoms with van der Waals surface area (Å²) >= 11 is 9.08. The molecule has 0 saturated heterocycles. The van der Waals surface area contributed by atoms with Crippen LogP contribution >= 0.6 is 68.8 Å². The second kappa shape index (κ2) is 40.9. The minimum atomic E-state index is -0.865. The average molecular weight is 1640 g/mol. The van der Waals surface area contributed by atoms with E-state index in [4.69, 9.17) is 27.0 Å². The van der Waals surface area contributed by atoms with Crippen molar-refractivity contribution in [3.8, 4) is 62.3 Å². The molecule has 0 saturated carbocycles. The molecule has 112 heavy (non-hydrogen) atoms. The van der Waals surface area contributed by atoms with Gasteiger partial charge in [-0.1, -0.05) is 319 Å². The first-order valence-electron chi connectivity index (χ1n) is 45.0. The highest BCUT2D eigenvalue weighted by molar-refractivity contribution is 7.26. The van der Waals surface area contributed by atoms with E-state index in [2.05, 4.69) is 189 Å². The van der Waals surface area contributed by atoms with Crippen LogP contribution in [0.5, 0.6) is 11.5 Å². The molecule has 8 unspecified atom stereocenters. The molecule has 2 aliphatic heterocycles. The Hall–Kier alpha value is -3.66. The molecular formula is C98H148F2N4O2S6. The van der Waals surface area contributed by atoms with Gasteiger partial charge in [-0.3, -0.25) is 0 Å². The van der Waals surface area contributed by atoms with Crippen LogP contribution in [0.4, 0.5) is 8.78 Å². The number of hydrogen-bond donors (Lipinski definition) is 0. The van der Waals surface area contributed by atoms with Crippen molar-refractivity contribution in [1.82, 2.24) is 17.5 Å². The van der Waals surface area contributed by atoms with E-state index in [1.165, 1.54) is 176 Å². The van der Waals surface area contributed by atoms with Gasteiger partial charge >= 0.3 is 0 Å². The molecule has 8 aromatic rings. The molecule has 0 bridgehead atoms. The molecule has 0 spiro atoms. The summed E-state index contributed by atoms with van der Waals surface area (Å²) in [6.45, 7) is 52.0. The molecule has 8 heterocycles. The van der Waals surface area contributed by atoms with Gasteiger partial charge < -0.3 is 9.47 Å². The Bertz CT molecular complexity index is 4150. The van der Waals surface area contributed by atoms with Crippen molar-refractivity contribution < 1.29 is 18.3 Å². The molecule has 10 rings (SSSR count). The Morgan fingerprint density at radius 1 is 0.330 bits per heavy atom. The molecule has 622 valence electrons. The highest BCUT2D eigenvalue weighted by Gasteiger charge is 2.47. The van der Waals surface area contributed by atoms with Crippen molar-refractivity contribution in [2.75, 3.05) is 0 Å². The zero-order chi connectivity index (χ0) is 81.0. The zero-order valence-electron chi connectivity index (χ0n) is 73.8. The molecule has 2 aromatic carbocycles. The van der Waals surface area contributed by atoms with Crippen LogP contribution in [0.1, 0.15) is 379 Å². The highest BCUT2D eigenvalue weighted by Crippen LogP contribution is 2.62. The van der Waals surface area contributed by atoms with Crippen LogP contribution in [-0.2, 0) is 22.0 Å². The normalized spacial score (nSPS) is 18.1. The smallest absolute Gasteiger partial charge is 0.170 e. The second-order valence-corrected chi connectivity index (χ2v) is 45.8. The van der Waals surface area contributed by atoms with Gasteiger partial charge in [0, 0.05) is 36.2 Å². The third-order valence-corrected chi connectivity index (χ3v) is 32.2. The summed E-state index contributed by atoms with van der Waals surface area (Å²) in [5.74, 6) is 7.95. The van der Waals surface area contributed by atoms with Crippen molar-refractivity contribution in [1.29, 1.82) is 0 Å². The van der Waals surface area contributed by atoms with Crippen molar-refractivity contribution in [3.05, 3.63) is 69.6 Å². The van der Waals surface area contributed by atoms with Gasteiger partial charge in [0.2, 0.25) is 0 Å². The monoisotopic (exact) mass is 1640 g/mol. The third kappa shape index (κ3) is 23.7. The SMILES string of the molecule is CC(C)CCCC(C)CCCC(C)CCC1(CCC(C)CCCC(C)CCCC(C)C)Oc2cc(-c3ccc(C(C)(C)C)c4nsnc34)sc2-c2sc(-c3c(F)c(F)c(-c4cc5c(s4)-c4sc(C(C)(C)C)cc4OC5(CCC(C)CCCC(C)CCCC(C)C)CCC(C)CCCC(C)CCCC(C)C)c4nsnc34)cc21. The van der Waals surface area contributed by atoms with E-state index in [0.29, 0.717) is 44.5 Å². The molecule has 8 atom stereocenters. The molecular weight excluding hydrogens is 1500 g/mol. The summed E-state index contributed by atoms with van der Waals surface area (Å²) in [5.41, 5.74) is 5.94. The number of aromatic nitrogens is 4. The van der Waals surface area contributed by atoms with Gasteiger partial charge in [-0.25, -0.2) is 8.78 Å². The Labute approximate surface area is 703 Å². The molecule has 0 fully saturated rings. The Morgan fingerprint density at radius 3 is 0.973 bits per heavy atom. The topological polar surface area (TPSA) is 70.0 Å². The predicted molar refractivity (Wildman–Crippen MR) is 489 cm³/mol. The molecule has 0 amide bonds. The van der Waals surface area contributed by atoms with E-state index in [1.807, 2.05) is 11.3 Å². The standard InChI is InChI=1S/C98H148F2N4O2S6/c1-61(2)31-23-35-65(9)39-27-43-69(13)49-53-97(54-50-70(14)44-28-40-66(10)36-24-32-62(3)4)75-57-80(108-91(75)93-77(105-97)59-79(107-93)73-47-48-74(95(17,18)19)88-87(73)101-111-102-88)83-85(99)86(100)84(90-89(83)103-112-104-90)81-58-76-92(109-81)94-78(60-82(110-94)96(20,21)22)106-98(76,55-51-71(15)45-29-41-67(11)37-25-33-63(5)6)56-52-72(16)46-30-42-68(12)38-26-34-64(7)8/h47-48,57-72H,23-46,49-56H2,1-22H3. The lowest BCUT2D eigenvalue weighted by Crippen LogP contribution is -2.36. The van der Waals surface area contributed by atoms with Gasteiger partial charge in [0.25, 0.3) is 0 Å². The van der Waals surface area contributed by atoms with Gasteiger partial charge in [-0.2, -0.15) is 17.5 Å². The van der Waals surface area contributed by atoms with Crippen LogP contribution in [0.15, 0.2) is 36.4 Å². The number of halogens is 2. The van der Waals surface area contributed by atoms with Crippen LogP contribution in [0.3, 0.4) is 0 Å². The first-order chi connectivity index (χ1) is 53.1. The van der Waals surface area contributed by atoms with E-state index >= 15 is 8.78 Å². The Balaban J connectivity index is 1.05. The van der Waals surface area contributed by atoms with Crippen LogP contribution in [0.25, 0.3) is 72.9 Å². The number of hydrogen-bond acceptors (Lipinski definition) is 12. The zero-order valence-corrected chi connectivity index (χ0v) is 78.7. The van der Waals surface area contributed by atoms with E-state index in [9.17, 15) is 0 Å². The first-order valence-corrected chi connectivity index (χ1v) is 49.7. The van der Waals surface area contributed by atoms with Crippen LogP contribution in [-0.4, -0.2) is 17.5 Å². The number of ether oxygens (including phenoxy) is 2. The van der Waals surface area contributed by atoms with Crippen LogP contribution < -0.4 is 9.47 Å². The number of rotatable bonds is 47. The van der Waals surface area contributed by atoms with Crippen molar-refractivity contribution in [2.45, 2.75) is 380 Å². The van der Waals surface area contributed by atoms with E-state index in [1.54, 1.807) is 34.0 Å². The quantitative estimate of drug-likeness (QED) is 0.0379. The Kier molecular flexibility index (Phi) is 33.1. The lowest BCUT2D eigenvalue weighted by atomic mass is 9.78. The third-order valence-electron chi connectivity index (χ3n) is 25.8. The minimum Gasteiger partial charge on any atom is -0.481 e. The van der Waals surface area contributed by atoms with Gasteiger partial charge in [0.05, 0.1) is 54.1 Å². The molecule has 6 aromatic heterocycles. The molecule has 0 N–H and O–H groups in total. The van der Waals surface area contributed by atoms with Crippen LogP contribution in [0.2, 0.25) is 0 Å². The van der Waals surface area contributed by atoms with Crippen LogP contribution in [0, 0.1) is 82.6 Å². The van der Waals surface area contributed by atoms with Gasteiger partial charge in [-0.05, 0) is 163 Å². The highest BCUT2D eigenvalue weighted by atomic mass is 32.1. The maximum atomic E-state index is 18.8.